The topological polar surface area (TPSA) is 103 Å². The van der Waals surface area contributed by atoms with Gasteiger partial charge in [0.15, 0.2) is 5.82 Å². The summed E-state index contributed by atoms with van der Waals surface area (Å²) in [5.41, 5.74) is 4.12. The molecule has 9 nitrogen and oxygen atoms in total. The van der Waals surface area contributed by atoms with Crippen LogP contribution < -0.4 is 5.32 Å². The van der Waals surface area contributed by atoms with Crippen molar-refractivity contribution in [3.05, 3.63) is 53.6 Å². The van der Waals surface area contributed by atoms with Gasteiger partial charge in [-0.15, -0.1) is 15.3 Å². The Kier molecular flexibility index (Phi) is 4.43. The summed E-state index contributed by atoms with van der Waals surface area (Å²) in [5, 5.41) is 16.1. The molecule has 0 fully saturated rings. The van der Waals surface area contributed by atoms with Gasteiger partial charge in [-0.25, -0.2) is 9.97 Å². The summed E-state index contributed by atoms with van der Waals surface area (Å²) >= 11 is 0. The molecule has 0 radical (unpaired) electrons. The molecule has 0 saturated carbocycles. The Labute approximate surface area is 155 Å². The number of nitrogens with zero attached hydrogens (tertiary/aromatic N) is 7. The lowest BCUT2D eigenvalue weighted by atomic mass is 10.2. The predicted octanol–water partition coefficient (Wildman–Crippen LogP) is 2.48. The highest BCUT2D eigenvalue weighted by Crippen LogP contribution is 2.22. The third kappa shape index (κ3) is 3.32. The SMILES string of the molecule is COCc1nc2nnc(-c3ccnc(Nc4ccccc4C)n3)c(C)n2n1. The van der Waals surface area contributed by atoms with E-state index >= 15 is 0 Å². The molecule has 0 aliphatic carbocycles. The molecule has 0 unspecified atom stereocenters. The van der Waals surface area contributed by atoms with Crippen molar-refractivity contribution < 1.29 is 4.74 Å². The van der Waals surface area contributed by atoms with Crippen molar-refractivity contribution in [1.82, 2.24) is 34.8 Å². The lowest BCUT2D eigenvalue weighted by Crippen LogP contribution is -2.05. The van der Waals surface area contributed by atoms with Crippen molar-refractivity contribution in [2.45, 2.75) is 20.5 Å². The second-order valence-corrected chi connectivity index (χ2v) is 6.01. The van der Waals surface area contributed by atoms with Crippen LogP contribution >= 0.6 is 0 Å². The van der Waals surface area contributed by atoms with Crippen LogP contribution in [0.4, 0.5) is 11.6 Å². The summed E-state index contributed by atoms with van der Waals surface area (Å²) < 4.78 is 6.72. The van der Waals surface area contributed by atoms with E-state index in [2.05, 4.69) is 35.6 Å². The Morgan fingerprint density at radius 3 is 2.74 bits per heavy atom. The molecular weight excluding hydrogens is 344 g/mol. The molecule has 0 atom stereocenters. The maximum absolute atomic E-state index is 5.08. The molecule has 4 aromatic rings. The van der Waals surface area contributed by atoms with Crippen LogP contribution in [-0.2, 0) is 11.3 Å². The summed E-state index contributed by atoms with van der Waals surface area (Å²) in [7, 11) is 1.60. The van der Waals surface area contributed by atoms with Gasteiger partial charge in [0, 0.05) is 19.0 Å². The first kappa shape index (κ1) is 17.0. The summed E-state index contributed by atoms with van der Waals surface area (Å²) in [6, 6.07) is 9.75. The predicted molar refractivity (Wildman–Crippen MR) is 99.5 cm³/mol. The molecule has 0 bridgehead atoms. The summed E-state index contributed by atoms with van der Waals surface area (Å²) in [6.45, 7) is 4.24. The van der Waals surface area contributed by atoms with Gasteiger partial charge < -0.3 is 10.1 Å². The van der Waals surface area contributed by atoms with E-state index < -0.39 is 0 Å². The second kappa shape index (κ2) is 7.04. The number of hydrogen-bond donors (Lipinski definition) is 1. The molecule has 3 aromatic heterocycles. The number of methoxy groups -OCH3 is 1. The number of benzene rings is 1. The molecule has 0 aliphatic heterocycles. The van der Waals surface area contributed by atoms with E-state index in [4.69, 9.17) is 4.74 Å². The molecular formula is C18H18N8O. The van der Waals surface area contributed by atoms with E-state index in [-0.39, 0.29) is 0 Å². The normalized spacial score (nSPS) is 11.1. The Hall–Kier alpha value is -3.46. The van der Waals surface area contributed by atoms with Crippen molar-refractivity contribution in [2.75, 3.05) is 12.4 Å². The molecule has 0 saturated heterocycles. The fraction of sp³-hybridized carbons (Fsp3) is 0.222. The van der Waals surface area contributed by atoms with Gasteiger partial charge in [0.25, 0.3) is 5.78 Å². The number of nitrogens with one attached hydrogen (secondary N) is 1. The molecule has 0 aliphatic rings. The number of fused-ring (bicyclic) bond motifs is 1. The molecule has 0 spiro atoms. The zero-order valence-corrected chi connectivity index (χ0v) is 15.2. The first-order chi connectivity index (χ1) is 13.2. The Morgan fingerprint density at radius 1 is 1.07 bits per heavy atom. The van der Waals surface area contributed by atoms with Gasteiger partial charge in [-0.3, -0.25) is 0 Å². The number of para-hydroxylation sites is 1. The Morgan fingerprint density at radius 2 is 1.93 bits per heavy atom. The molecule has 0 amide bonds. The minimum absolute atomic E-state index is 0.316. The maximum Gasteiger partial charge on any atom is 0.272 e. The monoisotopic (exact) mass is 362 g/mol. The highest BCUT2D eigenvalue weighted by Gasteiger charge is 2.14. The van der Waals surface area contributed by atoms with E-state index in [0.29, 0.717) is 35.5 Å². The second-order valence-electron chi connectivity index (χ2n) is 6.01. The minimum Gasteiger partial charge on any atom is -0.377 e. The van der Waals surface area contributed by atoms with E-state index in [9.17, 15) is 0 Å². The van der Waals surface area contributed by atoms with Crippen LogP contribution in [0.25, 0.3) is 17.2 Å². The number of hydrogen-bond acceptors (Lipinski definition) is 8. The number of anilines is 2. The van der Waals surface area contributed by atoms with Gasteiger partial charge in [0.05, 0.1) is 11.4 Å². The lowest BCUT2D eigenvalue weighted by molar-refractivity contribution is 0.178. The number of rotatable bonds is 5. The van der Waals surface area contributed by atoms with Crippen LogP contribution in [-0.4, -0.2) is 41.9 Å². The zero-order chi connectivity index (χ0) is 18.8. The van der Waals surface area contributed by atoms with Crippen LogP contribution in [0.15, 0.2) is 36.5 Å². The van der Waals surface area contributed by atoms with Crippen molar-refractivity contribution in [1.29, 1.82) is 0 Å². The summed E-state index contributed by atoms with van der Waals surface area (Å²) in [6.07, 6.45) is 1.69. The average molecular weight is 362 g/mol. The molecule has 9 heteroatoms. The molecule has 27 heavy (non-hydrogen) atoms. The van der Waals surface area contributed by atoms with Gasteiger partial charge in [0.2, 0.25) is 5.95 Å². The van der Waals surface area contributed by atoms with Crippen molar-refractivity contribution >= 4 is 17.4 Å². The van der Waals surface area contributed by atoms with Gasteiger partial charge in [-0.05, 0) is 31.5 Å². The van der Waals surface area contributed by atoms with Crippen LogP contribution in [0.1, 0.15) is 17.1 Å². The van der Waals surface area contributed by atoms with Gasteiger partial charge in [-0.1, -0.05) is 18.2 Å². The molecule has 4 rings (SSSR count). The summed E-state index contributed by atoms with van der Waals surface area (Å²) in [4.78, 5) is 13.2. The zero-order valence-electron chi connectivity index (χ0n) is 15.2. The van der Waals surface area contributed by atoms with E-state index in [1.165, 1.54) is 0 Å². The highest BCUT2D eigenvalue weighted by molar-refractivity contribution is 5.62. The van der Waals surface area contributed by atoms with Crippen LogP contribution in [0.5, 0.6) is 0 Å². The highest BCUT2D eigenvalue weighted by atomic mass is 16.5. The van der Waals surface area contributed by atoms with Crippen molar-refractivity contribution in [3.8, 4) is 11.4 Å². The largest absolute Gasteiger partial charge is 0.377 e. The number of aromatic nitrogens is 7. The molecule has 1 N–H and O–H groups in total. The first-order valence-electron chi connectivity index (χ1n) is 8.39. The smallest absolute Gasteiger partial charge is 0.272 e. The van der Waals surface area contributed by atoms with E-state index in [1.54, 1.807) is 23.9 Å². The minimum atomic E-state index is 0.316. The number of aryl methyl sites for hydroxylation is 2. The lowest BCUT2D eigenvalue weighted by Gasteiger charge is -2.09. The standard InChI is InChI=1S/C18H18N8O/c1-11-6-4-5-7-13(11)20-17-19-9-8-14(21-17)16-12(2)26-18(24-23-16)22-15(25-26)10-27-3/h4-9H,10H2,1-3H3,(H,19,20,21). The molecule has 1 aromatic carbocycles. The van der Waals surface area contributed by atoms with Gasteiger partial charge >= 0.3 is 0 Å². The van der Waals surface area contributed by atoms with E-state index in [1.807, 2.05) is 38.1 Å². The van der Waals surface area contributed by atoms with Crippen LogP contribution in [0, 0.1) is 13.8 Å². The van der Waals surface area contributed by atoms with Gasteiger partial charge in [-0.2, -0.15) is 9.50 Å². The quantitative estimate of drug-likeness (QED) is 0.577. The first-order valence-corrected chi connectivity index (χ1v) is 8.39. The van der Waals surface area contributed by atoms with E-state index in [0.717, 1.165) is 16.9 Å². The van der Waals surface area contributed by atoms with Crippen LogP contribution in [0.3, 0.4) is 0 Å². The fourth-order valence-corrected chi connectivity index (χ4v) is 2.71. The van der Waals surface area contributed by atoms with Gasteiger partial charge in [0.1, 0.15) is 12.3 Å². The molecule has 136 valence electrons. The summed E-state index contributed by atoms with van der Waals surface area (Å²) in [5.74, 6) is 1.47. The van der Waals surface area contributed by atoms with Crippen molar-refractivity contribution in [3.63, 3.8) is 0 Å². The molecule has 3 heterocycles. The Bertz CT molecular complexity index is 1110. The van der Waals surface area contributed by atoms with Crippen LogP contribution in [0.2, 0.25) is 0 Å². The maximum atomic E-state index is 5.08. The Balaban J connectivity index is 1.71. The average Bonchev–Trinajstić information content (AvgIpc) is 3.08. The third-order valence-corrected chi connectivity index (χ3v) is 4.10. The number of ether oxygens (including phenoxy) is 1. The van der Waals surface area contributed by atoms with Crippen molar-refractivity contribution in [2.24, 2.45) is 0 Å². The fourth-order valence-electron chi connectivity index (χ4n) is 2.71. The third-order valence-electron chi connectivity index (χ3n) is 4.10.